The van der Waals surface area contributed by atoms with Crippen LogP contribution in [0.2, 0.25) is 0 Å². The minimum absolute atomic E-state index is 0.0113. The van der Waals surface area contributed by atoms with E-state index in [-0.39, 0.29) is 34.9 Å². The van der Waals surface area contributed by atoms with Crippen LogP contribution >= 0.6 is 0 Å². The molecule has 25 heavy (non-hydrogen) atoms. The highest BCUT2D eigenvalue weighted by Crippen LogP contribution is 2.31. The van der Waals surface area contributed by atoms with Gasteiger partial charge in [-0.1, -0.05) is 6.08 Å². The van der Waals surface area contributed by atoms with Gasteiger partial charge in [0.2, 0.25) is 0 Å². The van der Waals surface area contributed by atoms with Crippen LogP contribution in [0.15, 0.2) is 33.5 Å². The standard InChI is InChI=1S/C18H20O7/c1-9(19)4-15-16(25-15)8-11(20)2-3-13-6-10-5-12(21)7-14(22)17(10)18(23)24-13/h2-3,5-7,9,11,15-16,19-22H,4,8H2,1H3/t9-,11-,15-,16-/m1/s1. The van der Waals surface area contributed by atoms with E-state index >= 15 is 0 Å². The first-order valence-electron chi connectivity index (χ1n) is 8.03. The predicted molar refractivity (Wildman–Crippen MR) is 90.4 cm³/mol. The van der Waals surface area contributed by atoms with Gasteiger partial charge in [0.15, 0.2) is 0 Å². The fraction of sp³-hybridized carbons (Fsp3) is 0.389. The van der Waals surface area contributed by atoms with Gasteiger partial charge in [-0.3, -0.25) is 0 Å². The number of hydrogen-bond acceptors (Lipinski definition) is 7. The summed E-state index contributed by atoms with van der Waals surface area (Å²) in [7, 11) is 0. The third kappa shape index (κ3) is 4.19. The van der Waals surface area contributed by atoms with Gasteiger partial charge in [0, 0.05) is 24.3 Å². The van der Waals surface area contributed by atoms with E-state index in [0.717, 1.165) is 6.07 Å². The van der Waals surface area contributed by atoms with E-state index in [2.05, 4.69) is 0 Å². The number of phenols is 2. The van der Waals surface area contributed by atoms with Gasteiger partial charge in [-0.25, -0.2) is 4.79 Å². The average molecular weight is 348 g/mol. The summed E-state index contributed by atoms with van der Waals surface area (Å²) < 4.78 is 10.5. The van der Waals surface area contributed by atoms with Crippen molar-refractivity contribution >= 4 is 16.8 Å². The number of epoxide rings is 1. The Kier molecular flexibility index (Phi) is 4.80. The lowest BCUT2D eigenvalue weighted by molar-refractivity contribution is 0.170. The summed E-state index contributed by atoms with van der Waals surface area (Å²) >= 11 is 0. The molecule has 1 aliphatic heterocycles. The molecule has 4 N–H and O–H groups in total. The fourth-order valence-corrected chi connectivity index (χ4v) is 2.84. The van der Waals surface area contributed by atoms with Crippen molar-refractivity contribution in [3.63, 3.8) is 0 Å². The highest BCUT2D eigenvalue weighted by atomic mass is 16.6. The molecule has 2 heterocycles. The Morgan fingerprint density at radius 3 is 2.60 bits per heavy atom. The van der Waals surface area contributed by atoms with Crippen molar-refractivity contribution in [2.75, 3.05) is 0 Å². The first kappa shape index (κ1) is 17.5. The van der Waals surface area contributed by atoms with Gasteiger partial charge < -0.3 is 29.6 Å². The van der Waals surface area contributed by atoms with Gasteiger partial charge in [-0.15, -0.1) is 0 Å². The fourth-order valence-electron chi connectivity index (χ4n) is 2.84. The summed E-state index contributed by atoms with van der Waals surface area (Å²) in [5, 5.41) is 38.9. The lowest BCUT2D eigenvalue weighted by Crippen LogP contribution is -2.11. The van der Waals surface area contributed by atoms with Crippen LogP contribution in [0, 0.1) is 0 Å². The molecule has 0 radical (unpaired) electrons. The van der Waals surface area contributed by atoms with Gasteiger partial charge in [0.05, 0.1) is 24.4 Å². The normalized spacial score (nSPS) is 22.4. The van der Waals surface area contributed by atoms with Gasteiger partial charge in [0.25, 0.3) is 0 Å². The van der Waals surface area contributed by atoms with E-state index in [4.69, 9.17) is 9.15 Å². The lowest BCUT2D eigenvalue weighted by Gasteiger charge is -2.04. The second-order valence-corrected chi connectivity index (χ2v) is 6.33. The minimum atomic E-state index is -0.789. The first-order chi connectivity index (χ1) is 11.8. The lowest BCUT2D eigenvalue weighted by atomic mass is 10.1. The van der Waals surface area contributed by atoms with Crippen LogP contribution in [0.4, 0.5) is 0 Å². The molecule has 0 saturated carbocycles. The largest absolute Gasteiger partial charge is 0.508 e. The molecule has 1 aliphatic rings. The predicted octanol–water partition coefficient (Wildman–Crippen LogP) is 1.51. The maximum absolute atomic E-state index is 12.0. The Balaban J connectivity index is 1.70. The van der Waals surface area contributed by atoms with Crippen LogP contribution in [0.5, 0.6) is 11.5 Å². The van der Waals surface area contributed by atoms with Crippen molar-refractivity contribution in [2.45, 2.75) is 44.2 Å². The van der Waals surface area contributed by atoms with E-state index in [1.165, 1.54) is 24.3 Å². The molecule has 7 nitrogen and oxygen atoms in total. The molecule has 0 unspecified atom stereocenters. The Bertz CT molecular complexity index is 852. The topological polar surface area (TPSA) is 124 Å². The van der Waals surface area contributed by atoms with Crippen molar-refractivity contribution < 1.29 is 29.6 Å². The quantitative estimate of drug-likeness (QED) is 0.583. The number of fused-ring (bicyclic) bond motifs is 1. The minimum Gasteiger partial charge on any atom is -0.508 e. The van der Waals surface area contributed by atoms with Crippen LogP contribution in [-0.4, -0.2) is 44.8 Å². The zero-order valence-corrected chi connectivity index (χ0v) is 13.6. The summed E-state index contributed by atoms with van der Waals surface area (Å²) in [6, 6.07) is 3.90. The summed E-state index contributed by atoms with van der Waals surface area (Å²) in [4.78, 5) is 12.0. The van der Waals surface area contributed by atoms with Crippen LogP contribution in [0.3, 0.4) is 0 Å². The third-order valence-corrected chi connectivity index (χ3v) is 4.06. The van der Waals surface area contributed by atoms with Gasteiger partial charge in [-0.05, 0) is 25.1 Å². The van der Waals surface area contributed by atoms with Crippen LogP contribution in [-0.2, 0) is 4.74 Å². The number of hydrogen-bond donors (Lipinski definition) is 4. The highest BCUT2D eigenvalue weighted by molar-refractivity contribution is 5.89. The van der Waals surface area contributed by atoms with Gasteiger partial charge in [0.1, 0.15) is 22.6 Å². The number of aliphatic hydroxyl groups excluding tert-OH is 2. The highest BCUT2D eigenvalue weighted by Gasteiger charge is 2.39. The number of aromatic hydroxyl groups is 2. The third-order valence-electron chi connectivity index (χ3n) is 4.06. The van der Waals surface area contributed by atoms with E-state index in [1.54, 1.807) is 6.92 Å². The molecular weight excluding hydrogens is 328 g/mol. The molecule has 0 amide bonds. The summed E-state index contributed by atoms with van der Waals surface area (Å²) in [5.41, 5.74) is -0.730. The maximum atomic E-state index is 12.0. The van der Waals surface area contributed by atoms with Crippen LogP contribution < -0.4 is 5.63 Å². The van der Waals surface area contributed by atoms with E-state index in [0.29, 0.717) is 18.2 Å². The zero-order chi connectivity index (χ0) is 18.1. The number of ether oxygens (including phenoxy) is 1. The zero-order valence-electron chi connectivity index (χ0n) is 13.6. The molecule has 0 bridgehead atoms. The number of aliphatic hydroxyl groups is 2. The first-order valence-corrected chi connectivity index (χ1v) is 8.03. The van der Waals surface area contributed by atoms with Crippen LogP contribution in [0.25, 0.3) is 16.8 Å². The molecular formula is C18H20O7. The molecule has 7 heteroatoms. The second-order valence-electron chi connectivity index (χ2n) is 6.33. The summed E-state index contributed by atoms with van der Waals surface area (Å²) in [6.07, 6.45) is 2.50. The molecule has 1 fully saturated rings. The molecule has 0 spiro atoms. The van der Waals surface area contributed by atoms with Crippen molar-refractivity contribution in [1.29, 1.82) is 0 Å². The van der Waals surface area contributed by atoms with Gasteiger partial charge >= 0.3 is 5.63 Å². The summed E-state index contributed by atoms with van der Waals surface area (Å²) in [5.74, 6) is -0.325. The average Bonchev–Trinajstić information content (AvgIpc) is 3.20. The van der Waals surface area contributed by atoms with Gasteiger partial charge in [-0.2, -0.15) is 0 Å². The second kappa shape index (κ2) is 6.87. The Labute approximate surface area is 143 Å². The summed E-state index contributed by atoms with van der Waals surface area (Å²) in [6.45, 7) is 1.69. The van der Waals surface area contributed by atoms with Crippen LogP contribution in [0.1, 0.15) is 25.5 Å². The molecule has 0 aliphatic carbocycles. The van der Waals surface area contributed by atoms with Crippen molar-refractivity contribution in [3.05, 3.63) is 40.5 Å². The molecule has 134 valence electrons. The Morgan fingerprint density at radius 1 is 1.16 bits per heavy atom. The SMILES string of the molecule is C[C@@H](O)C[C@H]1O[C@@H]1C[C@H](O)C=Cc1cc2cc(O)cc(O)c2c(=O)o1. The maximum Gasteiger partial charge on any atom is 0.347 e. The monoisotopic (exact) mass is 348 g/mol. The Morgan fingerprint density at radius 2 is 1.88 bits per heavy atom. The molecule has 1 aromatic carbocycles. The van der Waals surface area contributed by atoms with Crippen molar-refractivity contribution in [1.82, 2.24) is 0 Å². The number of benzene rings is 1. The Hall–Kier alpha value is -2.35. The van der Waals surface area contributed by atoms with E-state index < -0.39 is 17.8 Å². The molecule has 2 aromatic rings. The molecule has 1 aromatic heterocycles. The molecule has 3 rings (SSSR count). The van der Waals surface area contributed by atoms with E-state index in [9.17, 15) is 25.2 Å². The number of rotatable bonds is 6. The number of phenolic OH excluding ortho intramolecular Hbond substituents is 2. The van der Waals surface area contributed by atoms with E-state index in [1.807, 2.05) is 0 Å². The van der Waals surface area contributed by atoms with Crippen molar-refractivity contribution in [2.24, 2.45) is 0 Å². The smallest absolute Gasteiger partial charge is 0.347 e. The van der Waals surface area contributed by atoms with Crippen molar-refractivity contribution in [3.8, 4) is 11.5 Å². The molecule has 1 saturated heterocycles. The molecule has 4 atom stereocenters.